The van der Waals surface area contributed by atoms with Crippen LogP contribution in [0.2, 0.25) is 0 Å². The first kappa shape index (κ1) is 19.9. The quantitative estimate of drug-likeness (QED) is 0.786. The summed E-state index contributed by atoms with van der Waals surface area (Å²) in [5.41, 5.74) is 1.82. The number of unbranched alkanes of at least 4 members (excludes halogenated alkanes) is 1. The zero-order chi connectivity index (χ0) is 18.4. The summed E-state index contributed by atoms with van der Waals surface area (Å²) >= 11 is 0. The smallest absolute Gasteiger partial charge is 0.254 e. The fraction of sp³-hybridized carbons (Fsp3) is 0.667. The van der Waals surface area contributed by atoms with Gasteiger partial charge >= 0.3 is 0 Å². The van der Waals surface area contributed by atoms with E-state index in [0.717, 1.165) is 37.2 Å². The maximum Gasteiger partial charge on any atom is 0.254 e. The number of aliphatic hydroxyl groups excluding tert-OH is 1. The maximum absolute atomic E-state index is 13.0. The van der Waals surface area contributed by atoms with E-state index in [2.05, 4.69) is 25.8 Å². The molecule has 1 aromatic carbocycles. The second-order valence-electron chi connectivity index (χ2n) is 7.52. The summed E-state index contributed by atoms with van der Waals surface area (Å²) < 4.78 is 0. The second-order valence-corrected chi connectivity index (χ2v) is 7.52. The van der Waals surface area contributed by atoms with Crippen LogP contribution in [0.1, 0.15) is 49.0 Å². The molecule has 3 atom stereocenters. The van der Waals surface area contributed by atoms with Gasteiger partial charge in [-0.15, -0.1) is 0 Å². The number of amides is 1. The molecule has 0 unspecified atom stereocenters. The highest BCUT2D eigenvalue weighted by Gasteiger charge is 2.43. The number of rotatable bonds is 8. The number of hydrogen-bond acceptors (Lipinski definition) is 3. The fourth-order valence-electron chi connectivity index (χ4n) is 4.06. The van der Waals surface area contributed by atoms with Gasteiger partial charge in [0.1, 0.15) is 0 Å². The summed E-state index contributed by atoms with van der Waals surface area (Å²) in [6, 6.07) is 7.68. The Labute approximate surface area is 152 Å². The van der Waals surface area contributed by atoms with Gasteiger partial charge in [0.25, 0.3) is 5.91 Å². The van der Waals surface area contributed by atoms with Gasteiger partial charge in [0.2, 0.25) is 0 Å². The van der Waals surface area contributed by atoms with Crippen molar-refractivity contribution in [2.75, 3.05) is 33.3 Å². The molecule has 1 N–H and O–H groups in total. The first-order chi connectivity index (χ1) is 12.0. The first-order valence-electron chi connectivity index (χ1n) is 9.68. The monoisotopic (exact) mass is 346 g/mol. The number of hydrogen-bond donors (Lipinski definition) is 1. The first-order valence-corrected chi connectivity index (χ1v) is 9.68. The lowest BCUT2D eigenvalue weighted by atomic mass is 9.88. The topological polar surface area (TPSA) is 43.8 Å². The molecule has 1 aliphatic heterocycles. The Bertz CT molecular complexity index is 561. The summed E-state index contributed by atoms with van der Waals surface area (Å²) in [6.45, 7) is 9.22. The minimum Gasteiger partial charge on any atom is -0.394 e. The molecule has 25 heavy (non-hydrogen) atoms. The Hall–Kier alpha value is -1.39. The predicted octanol–water partition coefficient (Wildman–Crippen LogP) is 3.19. The van der Waals surface area contributed by atoms with E-state index in [1.165, 1.54) is 12.8 Å². The Balaban J connectivity index is 2.15. The minimum absolute atomic E-state index is 0.0420. The van der Waals surface area contributed by atoms with Crippen molar-refractivity contribution in [1.82, 2.24) is 9.80 Å². The highest BCUT2D eigenvalue weighted by atomic mass is 16.3. The molecule has 1 aliphatic rings. The van der Waals surface area contributed by atoms with Crippen LogP contribution in [0.4, 0.5) is 0 Å². The molecule has 1 aromatic rings. The molecule has 140 valence electrons. The highest BCUT2D eigenvalue weighted by molar-refractivity contribution is 5.94. The van der Waals surface area contributed by atoms with Gasteiger partial charge in [0.05, 0.1) is 12.6 Å². The van der Waals surface area contributed by atoms with Crippen molar-refractivity contribution < 1.29 is 9.90 Å². The third kappa shape index (κ3) is 4.83. The molecule has 1 fully saturated rings. The number of aliphatic hydroxyl groups is 1. The van der Waals surface area contributed by atoms with Crippen molar-refractivity contribution in [3.8, 4) is 0 Å². The molecule has 2 rings (SSSR count). The van der Waals surface area contributed by atoms with E-state index in [4.69, 9.17) is 0 Å². The maximum atomic E-state index is 13.0. The standard InChI is InChI=1S/C21H34N2O2/c1-5-7-11-22(4)14-19-17(6-2)13-23(20(19)15-24)21(25)18-10-8-9-16(3)12-18/h8-10,12,17,19-20,24H,5-7,11,13-15H2,1-4H3/t17-,19-,20-/m1/s1. The molecule has 4 nitrogen and oxygen atoms in total. The summed E-state index contributed by atoms with van der Waals surface area (Å²) in [6.07, 6.45) is 3.42. The Kier molecular flexibility index (Phi) is 7.45. The highest BCUT2D eigenvalue weighted by Crippen LogP contribution is 2.33. The SMILES string of the molecule is CCCCN(C)C[C@@H]1[C@H](CC)CN(C(=O)c2cccc(C)c2)[C@@H]1CO. The predicted molar refractivity (Wildman–Crippen MR) is 103 cm³/mol. The van der Waals surface area contributed by atoms with E-state index in [0.29, 0.717) is 11.8 Å². The van der Waals surface area contributed by atoms with Gasteiger partial charge < -0.3 is 14.9 Å². The molecule has 0 aromatic heterocycles. The molecule has 1 amide bonds. The van der Waals surface area contributed by atoms with Crippen LogP contribution in [-0.2, 0) is 0 Å². The molecule has 0 aliphatic carbocycles. The van der Waals surface area contributed by atoms with Crippen molar-refractivity contribution in [3.63, 3.8) is 0 Å². The van der Waals surface area contributed by atoms with Crippen LogP contribution in [0.25, 0.3) is 0 Å². The minimum atomic E-state index is -0.0814. The number of likely N-dealkylation sites (tertiary alicyclic amines) is 1. The van der Waals surface area contributed by atoms with Crippen molar-refractivity contribution in [3.05, 3.63) is 35.4 Å². The molecule has 0 bridgehead atoms. The van der Waals surface area contributed by atoms with E-state index < -0.39 is 0 Å². The molecule has 4 heteroatoms. The van der Waals surface area contributed by atoms with Crippen molar-refractivity contribution in [1.29, 1.82) is 0 Å². The van der Waals surface area contributed by atoms with E-state index in [-0.39, 0.29) is 18.6 Å². The second kappa shape index (κ2) is 9.35. The number of carbonyl (C=O) groups is 1. The van der Waals surface area contributed by atoms with E-state index >= 15 is 0 Å². The number of carbonyl (C=O) groups excluding carboxylic acids is 1. The average molecular weight is 347 g/mol. The van der Waals surface area contributed by atoms with Crippen LogP contribution in [-0.4, -0.2) is 60.1 Å². The van der Waals surface area contributed by atoms with Crippen LogP contribution < -0.4 is 0 Å². The van der Waals surface area contributed by atoms with Crippen LogP contribution in [0.5, 0.6) is 0 Å². The molecule has 0 radical (unpaired) electrons. The van der Waals surface area contributed by atoms with Crippen LogP contribution in [0.3, 0.4) is 0 Å². The summed E-state index contributed by atoms with van der Waals surface area (Å²) in [4.78, 5) is 17.3. The lowest BCUT2D eigenvalue weighted by molar-refractivity contribution is 0.0623. The van der Waals surface area contributed by atoms with Gasteiger partial charge in [-0.3, -0.25) is 4.79 Å². The van der Waals surface area contributed by atoms with E-state index in [1.54, 1.807) is 0 Å². The zero-order valence-electron chi connectivity index (χ0n) is 16.2. The Morgan fingerprint density at radius 3 is 2.72 bits per heavy atom. The van der Waals surface area contributed by atoms with E-state index in [1.807, 2.05) is 36.1 Å². The zero-order valence-corrected chi connectivity index (χ0v) is 16.2. The molecular formula is C21H34N2O2. The molecular weight excluding hydrogens is 312 g/mol. The number of aryl methyl sites for hydroxylation is 1. The third-order valence-electron chi connectivity index (χ3n) is 5.58. The van der Waals surface area contributed by atoms with Gasteiger partial charge in [0, 0.05) is 18.7 Å². The fourth-order valence-corrected chi connectivity index (χ4v) is 4.06. The number of nitrogens with zero attached hydrogens (tertiary/aromatic N) is 2. The third-order valence-corrected chi connectivity index (χ3v) is 5.58. The summed E-state index contributed by atoms with van der Waals surface area (Å²) in [7, 11) is 2.15. The Morgan fingerprint density at radius 1 is 1.36 bits per heavy atom. The van der Waals surface area contributed by atoms with Gasteiger partial charge in [0.15, 0.2) is 0 Å². The van der Waals surface area contributed by atoms with Crippen molar-refractivity contribution >= 4 is 5.91 Å². The summed E-state index contributed by atoms with van der Waals surface area (Å²) in [5, 5.41) is 10.0. The number of benzene rings is 1. The largest absolute Gasteiger partial charge is 0.394 e. The summed E-state index contributed by atoms with van der Waals surface area (Å²) in [5.74, 6) is 0.848. The molecule has 1 heterocycles. The Morgan fingerprint density at radius 2 is 2.12 bits per heavy atom. The van der Waals surface area contributed by atoms with Crippen LogP contribution in [0.15, 0.2) is 24.3 Å². The van der Waals surface area contributed by atoms with E-state index in [9.17, 15) is 9.90 Å². The van der Waals surface area contributed by atoms with Gasteiger partial charge in [-0.2, -0.15) is 0 Å². The van der Waals surface area contributed by atoms with Crippen LogP contribution in [0, 0.1) is 18.8 Å². The van der Waals surface area contributed by atoms with Gasteiger partial charge in [-0.1, -0.05) is 44.4 Å². The molecule has 0 saturated carbocycles. The average Bonchev–Trinajstić information content (AvgIpc) is 2.96. The van der Waals surface area contributed by atoms with Gasteiger partial charge in [-0.25, -0.2) is 0 Å². The molecule has 1 saturated heterocycles. The van der Waals surface area contributed by atoms with Gasteiger partial charge in [-0.05, 0) is 50.9 Å². The normalized spacial score (nSPS) is 23.4. The lowest BCUT2D eigenvalue weighted by Crippen LogP contribution is -2.43. The lowest BCUT2D eigenvalue weighted by Gasteiger charge is -2.30. The van der Waals surface area contributed by atoms with Crippen LogP contribution >= 0.6 is 0 Å². The van der Waals surface area contributed by atoms with Crippen molar-refractivity contribution in [2.24, 2.45) is 11.8 Å². The molecule has 0 spiro atoms. The van der Waals surface area contributed by atoms with Crippen molar-refractivity contribution in [2.45, 2.75) is 46.1 Å².